The van der Waals surface area contributed by atoms with Gasteiger partial charge in [0.1, 0.15) is 17.1 Å². The smallest absolute Gasteiger partial charge is 0.299 e. The average Bonchev–Trinajstić information content (AvgIpc) is 2.05. The minimum absolute atomic E-state index is 0.743. The van der Waals surface area contributed by atoms with E-state index in [4.69, 9.17) is 20.5 Å². The van der Waals surface area contributed by atoms with Crippen LogP contribution in [0.15, 0.2) is 17.0 Å². The highest BCUT2D eigenvalue weighted by atomic mass is 32.2. The first-order chi connectivity index (χ1) is 6.75. The SMILES string of the molecule is NC(=O)c1c(O)ccc(O)c1S(=O)(=O)O. The van der Waals surface area contributed by atoms with Crippen LogP contribution in [0.1, 0.15) is 10.4 Å². The third-order valence-corrected chi connectivity index (χ3v) is 2.55. The highest BCUT2D eigenvalue weighted by Gasteiger charge is 2.26. The van der Waals surface area contributed by atoms with Crippen LogP contribution in [0.4, 0.5) is 0 Å². The van der Waals surface area contributed by atoms with Gasteiger partial charge >= 0.3 is 0 Å². The molecule has 15 heavy (non-hydrogen) atoms. The van der Waals surface area contributed by atoms with Gasteiger partial charge in [-0.2, -0.15) is 8.42 Å². The van der Waals surface area contributed by atoms with E-state index in [1.54, 1.807) is 0 Å². The second kappa shape index (κ2) is 3.41. The molecule has 1 aromatic carbocycles. The third-order valence-electron chi connectivity index (χ3n) is 1.62. The predicted molar refractivity (Wildman–Crippen MR) is 48.1 cm³/mol. The van der Waals surface area contributed by atoms with Gasteiger partial charge in [-0.25, -0.2) is 0 Å². The van der Waals surface area contributed by atoms with Crippen LogP contribution in [-0.4, -0.2) is 29.1 Å². The number of rotatable bonds is 2. The minimum Gasteiger partial charge on any atom is -0.507 e. The quantitative estimate of drug-likeness (QED) is 0.399. The van der Waals surface area contributed by atoms with Crippen LogP contribution in [-0.2, 0) is 10.1 Å². The number of hydrogen-bond acceptors (Lipinski definition) is 5. The van der Waals surface area contributed by atoms with Crippen LogP contribution in [0.25, 0.3) is 0 Å². The molecule has 0 atom stereocenters. The molecule has 0 saturated heterocycles. The number of benzene rings is 1. The molecule has 7 nitrogen and oxygen atoms in total. The number of primary amides is 1. The fourth-order valence-electron chi connectivity index (χ4n) is 1.06. The molecule has 0 aliphatic rings. The summed E-state index contributed by atoms with van der Waals surface area (Å²) in [5.74, 6) is -2.90. The van der Waals surface area contributed by atoms with Gasteiger partial charge in [-0.05, 0) is 12.1 Å². The van der Waals surface area contributed by atoms with Crippen LogP contribution in [0.5, 0.6) is 11.5 Å². The fourth-order valence-corrected chi connectivity index (χ4v) is 1.86. The Labute approximate surface area is 84.5 Å². The summed E-state index contributed by atoms with van der Waals surface area (Å²) >= 11 is 0. The molecule has 0 radical (unpaired) electrons. The number of phenolic OH excluding ortho intramolecular Hbond substituents is 1. The number of amides is 1. The molecule has 0 unspecified atom stereocenters. The number of nitrogens with two attached hydrogens (primary N) is 1. The van der Waals surface area contributed by atoms with Gasteiger partial charge in [0, 0.05) is 0 Å². The van der Waals surface area contributed by atoms with Crippen molar-refractivity contribution >= 4 is 16.0 Å². The van der Waals surface area contributed by atoms with Crippen molar-refractivity contribution in [2.24, 2.45) is 5.73 Å². The van der Waals surface area contributed by atoms with Gasteiger partial charge < -0.3 is 15.9 Å². The number of carbonyl (C=O) groups excluding carboxylic acids is 1. The molecule has 0 aromatic heterocycles. The van der Waals surface area contributed by atoms with Crippen molar-refractivity contribution in [3.05, 3.63) is 17.7 Å². The zero-order chi connectivity index (χ0) is 11.8. The monoisotopic (exact) mass is 233 g/mol. The summed E-state index contributed by atoms with van der Waals surface area (Å²) in [5, 5.41) is 18.3. The lowest BCUT2D eigenvalue weighted by Crippen LogP contribution is -2.16. The van der Waals surface area contributed by atoms with Gasteiger partial charge in [-0.15, -0.1) is 0 Å². The van der Waals surface area contributed by atoms with E-state index in [-0.39, 0.29) is 0 Å². The lowest BCUT2D eigenvalue weighted by Gasteiger charge is -2.07. The highest BCUT2D eigenvalue weighted by molar-refractivity contribution is 7.86. The molecule has 82 valence electrons. The largest absolute Gasteiger partial charge is 0.507 e. The molecule has 0 aliphatic carbocycles. The standard InChI is InChI=1S/C7H7NO6S/c8-7(11)5-3(9)1-2-4(10)6(5)15(12,13)14/h1-2,9-10H,(H2,8,11)(H,12,13,14). The Kier molecular flexibility index (Phi) is 2.56. The van der Waals surface area contributed by atoms with Crippen LogP contribution in [0, 0.1) is 0 Å². The van der Waals surface area contributed by atoms with Gasteiger partial charge in [0.2, 0.25) is 0 Å². The summed E-state index contributed by atoms with van der Waals surface area (Å²) in [5.41, 5.74) is 3.95. The van der Waals surface area contributed by atoms with Gasteiger partial charge in [0.25, 0.3) is 16.0 Å². The van der Waals surface area contributed by atoms with Gasteiger partial charge in [0.15, 0.2) is 4.90 Å². The van der Waals surface area contributed by atoms with Crippen molar-refractivity contribution in [3.8, 4) is 11.5 Å². The Morgan fingerprint density at radius 1 is 1.20 bits per heavy atom. The molecule has 1 aromatic rings. The first-order valence-corrected chi connectivity index (χ1v) is 5.01. The molecule has 0 spiro atoms. The molecule has 8 heteroatoms. The van der Waals surface area contributed by atoms with Gasteiger partial charge in [0.05, 0.1) is 0 Å². The fraction of sp³-hybridized carbons (Fsp3) is 0. The predicted octanol–water partition coefficient (Wildman–Crippen LogP) is -0.557. The Balaban J connectivity index is 3.76. The minimum atomic E-state index is -4.84. The second-order valence-electron chi connectivity index (χ2n) is 2.65. The molecular formula is C7H7NO6S. The summed E-state index contributed by atoms with van der Waals surface area (Å²) < 4.78 is 30.3. The molecule has 1 amide bonds. The van der Waals surface area contributed by atoms with Crippen molar-refractivity contribution in [3.63, 3.8) is 0 Å². The molecule has 0 bridgehead atoms. The van der Waals surface area contributed by atoms with E-state index in [1.807, 2.05) is 0 Å². The molecule has 1 rings (SSSR count). The van der Waals surface area contributed by atoms with Crippen molar-refractivity contribution in [2.75, 3.05) is 0 Å². The maximum atomic E-state index is 10.8. The number of phenols is 2. The van der Waals surface area contributed by atoms with Crippen LogP contribution >= 0.6 is 0 Å². The van der Waals surface area contributed by atoms with E-state index < -0.39 is 38.0 Å². The zero-order valence-corrected chi connectivity index (χ0v) is 8.02. The number of carbonyl (C=O) groups is 1. The van der Waals surface area contributed by atoms with E-state index in [1.165, 1.54) is 0 Å². The second-order valence-corrected chi connectivity index (χ2v) is 4.01. The van der Waals surface area contributed by atoms with Crippen molar-refractivity contribution in [1.29, 1.82) is 0 Å². The summed E-state index contributed by atoms with van der Waals surface area (Å²) in [6.45, 7) is 0. The number of aromatic hydroxyl groups is 2. The van der Waals surface area contributed by atoms with Crippen LogP contribution in [0.2, 0.25) is 0 Å². The topological polar surface area (TPSA) is 138 Å². The van der Waals surface area contributed by atoms with E-state index in [0.29, 0.717) is 0 Å². The van der Waals surface area contributed by atoms with Crippen LogP contribution < -0.4 is 5.73 Å². The summed E-state index contributed by atoms with van der Waals surface area (Å²) in [4.78, 5) is 9.72. The maximum Gasteiger partial charge on any atom is 0.299 e. The average molecular weight is 233 g/mol. The molecule has 0 saturated carbocycles. The maximum absolute atomic E-state index is 10.8. The van der Waals surface area contributed by atoms with Gasteiger partial charge in [-0.3, -0.25) is 9.35 Å². The first kappa shape index (κ1) is 11.3. The summed E-state index contributed by atoms with van der Waals surface area (Å²) in [6, 6.07) is 1.69. The van der Waals surface area contributed by atoms with E-state index in [9.17, 15) is 13.2 Å². The molecule has 0 heterocycles. The Morgan fingerprint density at radius 2 is 1.67 bits per heavy atom. The zero-order valence-electron chi connectivity index (χ0n) is 7.21. The highest BCUT2D eigenvalue weighted by Crippen LogP contribution is 2.32. The lowest BCUT2D eigenvalue weighted by atomic mass is 10.2. The molecule has 0 fully saturated rings. The van der Waals surface area contributed by atoms with E-state index in [2.05, 4.69) is 0 Å². The Bertz CT molecular complexity index is 521. The summed E-state index contributed by atoms with van der Waals surface area (Å²) in [6.07, 6.45) is 0. The lowest BCUT2D eigenvalue weighted by molar-refractivity contribution is 0.0993. The Morgan fingerprint density at radius 3 is 2.00 bits per heavy atom. The Hall–Kier alpha value is -1.80. The van der Waals surface area contributed by atoms with E-state index >= 15 is 0 Å². The first-order valence-electron chi connectivity index (χ1n) is 3.57. The molecular weight excluding hydrogens is 226 g/mol. The van der Waals surface area contributed by atoms with Crippen molar-refractivity contribution in [2.45, 2.75) is 4.90 Å². The summed E-state index contributed by atoms with van der Waals surface area (Å²) in [7, 11) is -4.84. The molecule has 0 aliphatic heterocycles. The van der Waals surface area contributed by atoms with Crippen molar-refractivity contribution < 1.29 is 28.0 Å². The van der Waals surface area contributed by atoms with E-state index in [0.717, 1.165) is 12.1 Å². The third kappa shape index (κ3) is 2.00. The normalized spacial score (nSPS) is 11.3. The molecule has 5 N–H and O–H groups in total. The van der Waals surface area contributed by atoms with Crippen molar-refractivity contribution in [1.82, 2.24) is 0 Å². The van der Waals surface area contributed by atoms with Gasteiger partial charge in [-0.1, -0.05) is 0 Å². The number of hydrogen-bond donors (Lipinski definition) is 4. The van der Waals surface area contributed by atoms with Crippen LogP contribution in [0.3, 0.4) is 0 Å².